The summed E-state index contributed by atoms with van der Waals surface area (Å²) in [7, 11) is -7.01. The Balaban J connectivity index is 0.000000300. The molecule has 0 unspecified atom stereocenters. The molecule has 0 aromatic heterocycles. The van der Waals surface area contributed by atoms with E-state index in [4.69, 9.17) is 8.37 Å². The van der Waals surface area contributed by atoms with E-state index in [1.165, 1.54) is 0 Å². The second kappa shape index (κ2) is 9.84. The number of carbonyl (C=O) groups excluding carboxylic acids is 2. The zero-order valence-electron chi connectivity index (χ0n) is 18.0. The Kier molecular flexibility index (Phi) is 8.75. The van der Waals surface area contributed by atoms with Crippen LogP contribution in [0.2, 0.25) is 0 Å². The minimum absolute atomic E-state index is 0.0519. The molecule has 8 nitrogen and oxygen atoms in total. The molecule has 0 heterocycles. The summed E-state index contributed by atoms with van der Waals surface area (Å²) in [5.74, 6) is 0.104. The second-order valence-corrected chi connectivity index (χ2v) is 11.5. The Morgan fingerprint density at radius 3 is 1.37 bits per heavy atom. The van der Waals surface area contributed by atoms with E-state index >= 15 is 0 Å². The minimum Gasteiger partial charge on any atom is -0.299 e. The van der Waals surface area contributed by atoms with Gasteiger partial charge in [-0.3, -0.25) is 18.0 Å². The molecule has 0 aliphatic heterocycles. The van der Waals surface area contributed by atoms with E-state index in [9.17, 15) is 26.4 Å². The molecule has 0 saturated heterocycles. The zero-order chi connectivity index (χ0) is 23.4. The molecule has 172 valence electrons. The molecular formula is C20H32O8S2. The maximum Gasteiger partial charge on any atom is 0.264 e. The van der Waals surface area contributed by atoms with Crippen LogP contribution in [0.1, 0.15) is 52.4 Å². The van der Waals surface area contributed by atoms with Crippen molar-refractivity contribution >= 4 is 31.8 Å². The maximum absolute atomic E-state index is 11.7. The predicted octanol–water partition coefficient (Wildman–Crippen LogP) is 2.55. The Hall–Kier alpha value is -1.36. The van der Waals surface area contributed by atoms with Crippen molar-refractivity contribution in [3.05, 3.63) is 25.3 Å². The van der Waals surface area contributed by atoms with Gasteiger partial charge in [-0.25, -0.2) is 0 Å². The molecule has 2 rings (SSSR count). The molecule has 0 aromatic carbocycles. The van der Waals surface area contributed by atoms with Crippen molar-refractivity contribution in [2.24, 2.45) is 10.8 Å². The third kappa shape index (κ3) is 6.83. The quantitative estimate of drug-likeness (QED) is 0.397. The average molecular weight is 465 g/mol. The highest BCUT2D eigenvalue weighted by Gasteiger charge is 2.48. The first-order valence-corrected chi connectivity index (χ1v) is 13.3. The number of hydrogen-bond acceptors (Lipinski definition) is 8. The van der Waals surface area contributed by atoms with Crippen molar-refractivity contribution in [2.75, 3.05) is 12.5 Å². The van der Waals surface area contributed by atoms with Gasteiger partial charge in [-0.1, -0.05) is 12.2 Å². The molecule has 0 bridgehead atoms. The Bertz CT molecular complexity index is 816. The highest BCUT2D eigenvalue weighted by Crippen LogP contribution is 2.41. The van der Waals surface area contributed by atoms with E-state index in [-0.39, 0.29) is 11.6 Å². The van der Waals surface area contributed by atoms with Gasteiger partial charge < -0.3 is 0 Å². The first-order valence-electron chi connectivity index (χ1n) is 9.64. The van der Waals surface area contributed by atoms with Crippen molar-refractivity contribution < 1.29 is 34.8 Å². The third-order valence-corrected chi connectivity index (χ3v) is 6.84. The van der Waals surface area contributed by atoms with Gasteiger partial charge in [-0.05, 0) is 39.5 Å². The van der Waals surface area contributed by atoms with Crippen LogP contribution in [-0.2, 0) is 38.2 Å². The van der Waals surface area contributed by atoms with Crippen LogP contribution < -0.4 is 0 Å². The summed E-state index contributed by atoms with van der Waals surface area (Å²) in [6.07, 6.45) is 6.77. The fraction of sp³-hybridized carbons (Fsp3) is 0.700. The lowest BCUT2D eigenvalue weighted by atomic mass is 9.82. The molecule has 2 saturated carbocycles. The van der Waals surface area contributed by atoms with Crippen molar-refractivity contribution in [3.63, 3.8) is 0 Å². The molecule has 2 fully saturated rings. The lowest BCUT2D eigenvalue weighted by molar-refractivity contribution is -0.128. The summed E-state index contributed by atoms with van der Waals surface area (Å²) in [6, 6.07) is 0. The minimum atomic E-state index is -3.51. The Morgan fingerprint density at radius 2 is 1.13 bits per heavy atom. The fourth-order valence-electron chi connectivity index (χ4n) is 3.91. The average Bonchev–Trinajstić information content (AvgIpc) is 2.99. The van der Waals surface area contributed by atoms with Crippen LogP contribution in [0.15, 0.2) is 25.3 Å². The molecular weight excluding hydrogens is 432 g/mol. The lowest BCUT2D eigenvalue weighted by Gasteiger charge is -2.27. The number of rotatable bonds is 8. The van der Waals surface area contributed by atoms with Crippen molar-refractivity contribution in [1.82, 2.24) is 0 Å². The summed E-state index contributed by atoms with van der Waals surface area (Å²) < 4.78 is 54.0. The third-order valence-electron chi connectivity index (χ3n) is 5.68. The zero-order valence-corrected chi connectivity index (χ0v) is 19.7. The van der Waals surface area contributed by atoms with Gasteiger partial charge >= 0.3 is 0 Å². The second-order valence-electron chi connectivity index (χ2n) is 8.32. The first-order chi connectivity index (χ1) is 13.6. The molecule has 0 amide bonds. The summed E-state index contributed by atoms with van der Waals surface area (Å²) >= 11 is 0. The van der Waals surface area contributed by atoms with E-state index < -0.39 is 43.3 Å². The van der Waals surface area contributed by atoms with Gasteiger partial charge in [0.05, 0.1) is 35.5 Å². The molecule has 0 radical (unpaired) electrons. The number of ketones is 2. The smallest absolute Gasteiger partial charge is 0.264 e. The molecule has 0 aromatic rings. The molecule has 2 aliphatic rings. The van der Waals surface area contributed by atoms with Gasteiger partial charge in [0.25, 0.3) is 20.2 Å². The molecule has 30 heavy (non-hydrogen) atoms. The Labute approximate surface area is 180 Å². The van der Waals surface area contributed by atoms with Crippen LogP contribution in [0.5, 0.6) is 0 Å². The Morgan fingerprint density at radius 1 is 0.833 bits per heavy atom. The summed E-state index contributed by atoms with van der Waals surface area (Å²) in [6.45, 7) is 10.6. The van der Waals surface area contributed by atoms with Gasteiger partial charge in [-0.15, -0.1) is 13.2 Å². The van der Waals surface area contributed by atoms with Gasteiger partial charge in [0.2, 0.25) is 0 Å². The lowest BCUT2D eigenvalue weighted by Crippen LogP contribution is -2.35. The summed E-state index contributed by atoms with van der Waals surface area (Å²) in [4.78, 5) is 23.3. The van der Waals surface area contributed by atoms with Crippen LogP contribution >= 0.6 is 0 Å². The summed E-state index contributed by atoms with van der Waals surface area (Å²) in [5.41, 5.74) is -1.46. The molecule has 0 spiro atoms. The number of Topliss-reactive ketones (excluding diaryl/α,β-unsaturated/α-hetero) is 2. The van der Waals surface area contributed by atoms with E-state index in [1.807, 2.05) is 0 Å². The molecule has 2 aliphatic carbocycles. The predicted molar refractivity (Wildman–Crippen MR) is 114 cm³/mol. The van der Waals surface area contributed by atoms with Crippen molar-refractivity contribution in [1.29, 1.82) is 0 Å². The van der Waals surface area contributed by atoms with Crippen LogP contribution in [-0.4, -0.2) is 53.1 Å². The largest absolute Gasteiger partial charge is 0.299 e. The van der Waals surface area contributed by atoms with Crippen LogP contribution in [0, 0.1) is 10.8 Å². The van der Waals surface area contributed by atoms with Crippen LogP contribution in [0.25, 0.3) is 0 Å². The maximum atomic E-state index is 11.7. The van der Waals surface area contributed by atoms with E-state index in [1.54, 1.807) is 26.0 Å². The van der Waals surface area contributed by atoms with Gasteiger partial charge in [-0.2, -0.15) is 16.8 Å². The van der Waals surface area contributed by atoms with Crippen molar-refractivity contribution in [3.8, 4) is 0 Å². The SMILES string of the molecule is C=CC[C@@]1(C)C(=O)CC[C@@H]1OS(C)(=O)=O.C=CC[C@]1(C)C(=O)CC[C@H]1OS(C)(=O)=O. The van der Waals surface area contributed by atoms with Crippen LogP contribution in [0.3, 0.4) is 0 Å². The highest BCUT2D eigenvalue weighted by atomic mass is 32.2. The van der Waals surface area contributed by atoms with E-state index in [0.29, 0.717) is 38.5 Å². The normalized spacial score (nSPS) is 31.9. The number of hydrogen-bond donors (Lipinski definition) is 0. The molecule has 10 heteroatoms. The number of carbonyl (C=O) groups is 2. The highest BCUT2D eigenvalue weighted by molar-refractivity contribution is 7.86. The van der Waals surface area contributed by atoms with Crippen LogP contribution in [0.4, 0.5) is 0 Å². The number of allylic oxidation sites excluding steroid dienone is 2. The molecule has 4 atom stereocenters. The van der Waals surface area contributed by atoms with Crippen molar-refractivity contribution in [2.45, 2.75) is 64.6 Å². The topological polar surface area (TPSA) is 121 Å². The monoisotopic (exact) mass is 464 g/mol. The summed E-state index contributed by atoms with van der Waals surface area (Å²) in [5, 5.41) is 0. The standard InChI is InChI=1S/2C10H16O4S/c2*1-4-7-10(2)8(11)5-6-9(10)14-15(3,12)13/h2*4,9H,1,5-7H2,2-3H3/t2*9-,10-/m10/s1. The first kappa shape index (κ1) is 26.7. The van der Waals surface area contributed by atoms with Gasteiger partial charge in [0.15, 0.2) is 0 Å². The van der Waals surface area contributed by atoms with Gasteiger partial charge in [0, 0.05) is 12.8 Å². The fourth-order valence-corrected chi connectivity index (χ4v) is 5.37. The van der Waals surface area contributed by atoms with Gasteiger partial charge in [0.1, 0.15) is 11.6 Å². The van der Waals surface area contributed by atoms with E-state index in [0.717, 1.165) is 12.5 Å². The molecule has 0 N–H and O–H groups in total. The van der Waals surface area contributed by atoms with E-state index in [2.05, 4.69) is 13.2 Å².